The van der Waals surface area contributed by atoms with Gasteiger partial charge in [0, 0.05) is 67.4 Å². The first-order valence-corrected chi connectivity index (χ1v) is 15.9. The predicted molar refractivity (Wildman–Crippen MR) is 183 cm³/mol. The number of aryl methyl sites for hydroxylation is 3. The Morgan fingerprint density at radius 3 is 2.38 bits per heavy atom. The topological polar surface area (TPSA) is 153 Å². The van der Waals surface area contributed by atoms with Crippen molar-refractivity contribution in [1.82, 2.24) is 19.9 Å². The highest BCUT2D eigenvalue weighted by Crippen LogP contribution is 2.44. The number of carbonyl (C=O) groups is 2. The highest BCUT2D eigenvalue weighted by atomic mass is 16.5. The second-order valence-electron chi connectivity index (χ2n) is 12.1. The fourth-order valence-corrected chi connectivity index (χ4v) is 7.20. The van der Waals surface area contributed by atoms with E-state index in [9.17, 15) is 19.8 Å². The fraction of sp³-hybridized carbons (Fsp3) is 0.324. The van der Waals surface area contributed by atoms with Gasteiger partial charge >= 0.3 is 11.9 Å². The average molecular weight is 637 g/mol. The van der Waals surface area contributed by atoms with Gasteiger partial charge < -0.3 is 34.6 Å². The Labute approximate surface area is 271 Å². The van der Waals surface area contributed by atoms with Gasteiger partial charge in [0.25, 0.3) is 0 Å². The van der Waals surface area contributed by atoms with Crippen LogP contribution in [0.4, 0.5) is 0 Å². The summed E-state index contributed by atoms with van der Waals surface area (Å²) >= 11 is 0. The number of fused-ring (bicyclic) bond motifs is 8. The number of ether oxygens (including phenoxy) is 2. The van der Waals surface area contributed by atoms with E-state index in [2.05, 4.69) is 28.5 Å². The van der Waals surface area contributed by atoms with Crippen LogP contribution < -0.4 is 5.22 Å². The van der Waals surface area contributed by atoms with Gasteiger partial charge in [0.05, 0.1) is 36.5 Å². The second kappa shape index (κ2) is 12.2. The number of hydrogen-bond acceptors (Lipinski definition) is 7. The van der Waals surface area contributed by atoms with E-state index >= 15 is 0 Å². The number of esters is 2. The summed E-state index contributed by atoms with van der Waals surface area (Å²) < 4.78 is 10.4. The van der Waals surface area contributed by atoms with E-state index in [1.54, 1.807) is 13.0 Å². The van der Waals surface area contributed by atoms with E-state index in [1.807, 2.05) is 39.0 Å². The van der Waals surface area contributed by atoms with E-state index in [4.69, 9.17) is 14.5 Å². The van der Waals surface area contributed by atoms with Crippen molar-refractivity contribution < 1.29 is 29.3 Å². The van der Waals surface area contributed by atoms with Gasteiger partial charge in [0.2, 0.25) is 0 Å². The van der Waals surface area contributed by atoms with Crippen molar-refractivity contribution in [2.24, 2.45) is 0 Å². The maximum Gasteiger partial charge on any atom is 0.342 e. The zero-order chi connectivity index (χ0) is 33.7. The Balaban J connectivity index is 1.86. The number of aromatic hydroxyl groups is 1. The van der Waals surface area contributed by atoms with Crippen molar-refractivity contribution >= 4 is 57.2 Å². The monoisotopic (exact) mass is 636 g/mol. The molecule has 0 amide bonds. The molecule has 2 aliphatic heterocycles. The molecular weight excluding hydrogens is 596 g/mol. The van der Waals surface area contributed by atoms with Crippen LogP contribution in [0.1, 0.15) is 89.4 Å². The molecule has 0 radical (unpaired) electrons. The van der Waals surface area contributed by atoms with Gasteiger partial charge in [-0.3, -0.25) is 9.78 Å². The maximum absolute atomic E-state index is 13.3. The Bertz CT molecular complexity index is 2330. The number of nitrogens with one attached hydrogen (secondary N) is 3. The van der Waals surface area contributed by atoms with E-state index in [0.29, 0.717) is 39.7 Å². The summed E-state index contributed by atoms with van der Waals surface area (Å²) in [5.41, 5.74) is 8.80. The minimum atomic E-state index is -0.681. The van der Waals surface area contributed by atoms with Crippen LogP contribution in [0, 0.1) is 24.4 Å². The molecule has 0 saturated heterocycles. The third-order valence-corrected chi connectivity index (χ3v) is 9.68. The van der Waals surface area contributed by atoms with Crippen molar-refractivity contribution in [3.63, 3.8) is 0 Å². The zero-order valence-corrected chi connectivity index (χ0v) is 27.6. The third kappa shape index (κ3) is 4.99. The molecule has 0 unspecified atom stereocenters. The number of hydrogen-bond donors (Lipinski definition) is 5. The van der Waals surface area contributed by atoms with Crippen LogP contribution in [0.25, 0.3) is 45.3 Å². The van der Waals surface area contributed by atoms with Crippen molar-refractivity contribution in [3.05, 3.63) is 79.8 Å². The summed E-state index contributed by atoms with van der Waals surface area (Å²) in [5, 5.41) is 24.2. The molecule has 3 aromatic heterocycles. The quantitative estimate of drug-likeness (QED) is 0.123. The van der Waals surface area contributed by atoms with Gasteiger partial charge in [-0.1, -0.05) is 26.5 Å². The van der Waals surface area contributed by atoms with Crippen molar-refractivity contribution in [2.75, 3.05) is 13.7 Å². The molecule has 1 aliphatic carbocycles. The Hall–Kier alpha value is -5.25. The van der Waals surface area contributed by atoms with Gasteiger partial charge in [-0.25, -0.2) is 4.79 Å². The second-order valence-corrected chi connectivity index (χ2v) is 12.1. The molecule has 3 aliphatic rings. The van der Waals surface area contributed by atoms with Gasteiger partial charge in [-0.05, 0) is 68.5 Å². The number of rotatable bonds is 7. The predicted octanol–water partition coefficient (Wildman–Crippen LogP) is 6.81. The molecule has 5 heterocycles. The van der Waals surface area contributed by atoms with Gasteiger partial charge in [-0.15, -0.1) is 0 Å². The summed E-state index contributed by atoms with van der Waals surface area (Å²) in [5.74, 6) is -1.59. The molecule has 0 aromatic carbocycles. The van der Waals surface area contributed by atoms with E-state index in [0.717, 1.165) is 61.8 Å². The first-order valence-electron chi connectivity index (χ1n) is 15.9. The Morgan fingerprint density at radius 1 is 1.02 bits per heavy atom. The summed E-state index contributed by atoms with van der Waals surface area (Å²) in [6, 6.07) is 5.91. The number of aliphatic hydroxyl groups is 1. The summed E-state index contributed by atoms with van der Waals surface area (Å²) in [4.78, 5) is 41.5. The van der Waals surface area contributed by atoms with Crippen LogP contribution in [-0.2, 0) is 20.7 Å². The van der Waals surface area contributed by atoms with Crippen LogP contribution in [0.5, 0.6) is 5.75 Å². The van der Waals surface area contributed by atoms with Gasteiger partial charge in [-0.2, -0.15) is 0 Å². The lowest BCUT2D eigenvalue weighted by Gasteiger charge is -2.16. The van der Waals surface area contributed by atoms with Crippen LogP contribution >= 0.6 is 0 Å². The molecule has 0 saturated carbocycles. The summed E-state index contributed by atoms with van der Waals surface area (Å²) in [6.45, 7) is 14.1. The molecule has 0 spiro atoms. The lowest BCUT2D eigenvalue weighted by molar-refractivity contribution is -0.143. The van der Waals surface area contributed by atoms with Crippen LogP contribution in [-0.4, -0.2) is 55.8 Å². The molecule has 47 heavy (non-hydrogen) atoms. The largest absolute Gasteiger partial charge is 0.515 e. The van der Waals surface area contributed by atoms with Crippen LogP contribution in [0.15, 0.2) is 24.8 Å². The minimum Gasteiger partial charge on any atom is -0.515 e. The lowest BCUT2D eigenvalue weighted by atomic mass is 9.86. The van der Waals surface area contributed by atoms with Crippen molar-refractivity contribution in [3.8, 4) is 5.75 Å². The van der Waals surface area contributed by atoms with Gasteiger partial charge in [0.1, 0.15) is 11.3 Å². The van der Waals surface area contributed by atoms with E-state index in [1.165, 1.54) is 7.11 Å². The summed E-state index contributed by atoms with van der Waals surface area (Å²) in [7, 11) is 1.28. The molecule has 10 heteroatoms. The number of carbonyl (C=O) groups excluding carboxylic acids is 2. The number of nitrogens with zero attached hydrogens (tertiary/aromatic N) is 1. The fourth-order valence-electron chi connectivity index (χ4n) is 7.20. The Morgan fingerprint density at radius 2 is 1.72 bits per heavy atom. The van der Waals surface area contributed by atoms with Gasteiger partial charge in [0.15, 0.2) is 0 Å². The molecule has 5 N–H and O–H groups in total. The Kier molecular flexibility index (Phi) is 8.21. The number of aromatic amines is 3. The SMILES string of the molecule is C=Cc1c(C)c2cc3nc(c4c(C(=O)OC)c(O)c5c(C)c(cc6[nH]c(cc1[nH]2)c(=CO)c6CC)[nH]c5=4)[C@@H](CCC(=O)OCC)[C@@H]3C. The average Bonchev–Trinajstić information content (AvgIpc) is 3.80. The standard InChI is InChI=1S/C37H40N4O6/c1-8-20-17(4)24-13-25-18(5)22(11-12-30(43)47-10-3)34(40-25)32-33(37(45)46-7)36(44)31-19(6)26(41-35(31)32)14-28-21(9-2)23(16-42)29(39-28)15-27(20)38-24/h8,13-16,18,22,38-39,41-42,44H,1,9-12H2,2-7H3/t18-,22-/m0/s1. The molecule has 3 aromatic rings. The first kappa shape index (κ1) is 31.7. The molecule has 244 valence electrons. The van der Waals surface area contributed by atoms with E-state index < -0.39 is 5.97 Å². The minimum absolute atomic E-state index is 0.0355. The number of H-pyrrole nitrogens is 3. The zero-order valence-electron chi connectivity index (χ0n) is 27.6. The van der Waals surface area contributed by atoms with Crippen LogP contribution in [0.3, 0.4) is 0 Å². The van der Waals surface area contributed by atoms with Crippen molar-refractivity contribution in [1.29, 1.82) is 0 Å². The number of methoxy groups -OCH3 is 1. The normalized spacial score (nSPS) is 15.9. The van der Waals surface area contributed by atoms with Crippen LogP contribution in [0.2, 0.25) is 0 Å². The van der Waals surface area contributed by atoms with Crippen molar-refractivity contribution in [2.45, 2.75) is 65.7 Å². The van der Waals surface area contributed by atoms with E-state index in [-0.39, 0.29) is 42.1 Å². The molecule has 0 fully saturated rings. The molecule has 8 bridgehead atoms. The highest BCUT2D eigenvalue weighted by molar-refractivity contribution is 6.00. The molecule has 2 atom stereocenters. The molecule has 10 nitrogen and oxygen atoms in total. The third-order valence-electron chi connectivity index (χ3n) is 9.68. The molecular formula is C37H40N4O6. The lowest BCUT2D eigenvalue weighted by Crippen LogP contribution is -2.10. The highest BCUT2D eigenvalue weighted by Gasteiger charge is 2.34. The molecule has 6 rings (SSSR count). The maximum atomic E-state index is 13.3. The first-order chi connectivity index (χ1) is 22.6. The number of aliphatic hydroxyl groups excluding tert-OH is 1. The smallest absolute Gasteiger partial charge is 0.342 e. The summed E-state index contributed by atoms with van der Waals surface area (Å²) in [6.07, 6.45) is 4.16. The number of aromatic nitrogens is 4.